The van der Waals surface area contributed by atoms with E-state index >= 15 is 0 Å². The Morgan fingerprint density at radius 1 is 1.42 bits per heavy atom. The average molecular weight is 563 g/mol. The second-order valence-corrected chi connectivity index (χ2v) is 12.0. The summed E-state index contributed by atoms with van der Waals surface area (Å²) in [6, 6.07) is -0.874. The normalized spacial score (nSPS) is 20.5. The Hall–Kier alpha value is -1.78. The molecule has 2 aliphatic rings. The van der Waals surface area contributed by atoms with Gasteiger partial charge in [0.15, 0.2) is 13.8 Å². The fourth-order valence-electron chi connectivity index (χ4n) is 3.13. The molecule has 2 aromatic heterocycles. The molecule has 4 rings (SSSR count). The number of fused-ring (bicyclic) bond motifs is 1. The number of nitrogen functional groups attached to an aromatic ring is 1. The number of thiazole rings is 1. The summed E-state index contributed by atoms with van der Waals surface area (Å²) in [5, 5.41) is 21.9. The van der Waals surface area contributed by atoms with Crippen LogP contribution in [0.3, 0.4) is 0 Å². The van der Waals surface area contributed by atoms with Crippen molar-refractivity contribution in [1.82, 2.24) is 25.4 Å². The summed E-state index contributed by atoms with van der Waals surface area (Å²) in [5.74, 6) is -1.49. The second-order valence-electron chi connectivity index (χ2n) is 6.54. The van der Waals surface area contributed by atoms with Crippen LogP contribution in [0.1, 0.15) is 5.69 Å². The van der Waals surface area contributed by atoms with E-state index in [1.165, 1.54) is 51.5 Å². The van der Waals surface area contributed by atoms with Gasteiger partial charge in [0, 0.05) is 22.4 Å². The van der Waals surface area contributed by atoms with Gasteiger partial charge in [0.25, 0.3) is 11.8 Å². The van der Waals surface area contributed by atoms with Gasteiger partial charge in [-0.05, 0) is 11.8 Å². The number of hydrogen-bond donors (Lipinski definition) is 3. The third kappa shape index (κ3) is 4.88. The lowest BCUT2D eigenvalue weighted by molar-refractivity contribution is -0.150. The molecule has 2 aliphatic heterocycles. The number of anilines is 1. The van der Waals surface area contributed by atoms with Crippen molar-refractivity contribution in [3.63, 3.8) is 0 Å². The number of amides is 2. The molecule has 0 bridgehead atoms. The number of halogens is 1. The van der Waals surface area contributed by atoms with Crippen LogP contribution in [0.15, 0.2) is 30.9 Å². The van der Waals surface area contributed by atoms with E-state index in [0.717, 1.165) is 25.6 Å². The van der Waals surface area contributed by atoms with Crippen LogP contribution in [0.25, 0.3) is 5.57 Å². The maximum atomic E-state index is 12.8. The topological polar surface area (TPSA) is 151 Å². The molecule has 1 saturated heterocycles. The monoisotopic (exact) mass is 562 g/mol. The number of nitrogens with zero attached hydrogens (tertiary/aromatic N) is 4. The van der Waals surface area contributed by atoms with Crippen LogP contribution < -0.4 is 11.1 Å². The first-order valence-corrected chi connectivity index (χ1v) is 14.5. The van der Waals surface area contributed by atoms with Crippen LogP contribution in [0.2, 0.25) is 0 Å². The van der Waals surface area contributed by atoms with Crippen LogP contribution >= 0.6 is 69.6 Å². The number of nitrogens with one attached hydrogen (secondary N) is 1. The molecule has 0 spiro atoms. The zero-order chi connectivity index (χ0) is 23.7. The van der Waals surface area contributed by atoms with Crippen LogP contribution in [0, 0.1) is 0 Å². The molecule has 174 valence electrons. The number of thioether (sulfide) groups is 3. The number of carboxylic acid groups (broad SMARTS) is 1. The largest absolute Gasteiger partial charge is 0.477 e. The highest BCUT2D eigenvalue weighted by molar-refractivity contribution is 8.03. The van der Waals surface area contributed by atoms with E-state index in [-0.39, 0.29) is 16.4 Å². The van der Waals surface area contributed by atoms with Gasteiger partial charge in [0.1, 0.15) is 17.1 Å². The molecule has 2 aromatic rings. The van der Waals surface area contributed by atoms with Crippen LogP contribution in [0.5, 0.6) is 0 Å². The fraction of sp³-hybridized carbons (Fsp3) is 0.294. The summed E-state index contributed by atoms with van der Waals surface area (Å²) in [4.78, 5) is 42.8. The summed E-state index contributed by atoms with van der Waals surface area (Å²) in [6.45, 7) is 0. The van der Waals surface area contributed by atoms with E-state index < -0.39 is 29.2 Å². The Labute approximate surface area is 213 Å². The Morgan fingerprint density at radius 3 is 2.79 bits per heavy atom. The molecule has 0 aliphatic carbocycles. The van der Waals surface area contributed by atoms with Crippen molar-refractivity contribution in [2.75, 3.05) is 23.5 Å². The molecule has 0 saturated carbocycles. The molecule has 16 heteroatoms. The van der Waals surface area contributed by atoms with Gasteiger partial charge in [-0.2, -0.15) is 0 Å². The minimum Gasteiger partial charge on any atom is -0.477 e. The summed E-state index contributed by atoms with van der Waals surface area (Å²) < 4.78 is 1.55. The highest BCUT2D eigenvalue weighted by atomic mass is 35.5. The number of carboxylic acids is 1. The van der Waals surface area contributed by atoms with Crippen LogP contribution in [-0.4, -0.2) is 72.1 Å². The number of carbonyl (C=O) groups is 3. The summed E-state index contributed by atoms with van der Waals surface area (Å²) >= 11 is 12.7. The van der Waals surface area contributed by atoms with Crippen molar-refractivity contribution in [2.45, 2.75) is 20.1 Å². The molecule has 0 radical (unpaired) electrons. The summed E-state index contributed by atoms with van der Waals surface area (Å²) in [5.41, 5.74) is 7.64. The highest BCUT2D eigenvalue weighted by Gasteiger charge is 2.54. The number of carbonyl (C=O) groups excluding carboxylic acids is 2. The zero-order valence-corrected chi connectivity index (χ0v) is 21.5. The SMILES string of the molecule is CSc1nnc(SCC2=C(C(=O)O)N3C(=O)C(NC(=O)/C(=C/Cl)c4csc(N)n4)[C@H]3SC2)s1. The van der Waals surface area contributed by atoms with E-state index in [1.807, 2.05) is 6.26 Å². The molecule has 1 fully saturated rings. The van der Waals surface area contributed by atoms with Crippen molar-refractivity contribution in [3.8, 4) is 0 Å². The van der Waals surface area contributed by atoms with Gasteiger partial charge >= 0.3 is 5.97 Å². The number of rotatable bonds is 8. The van der Waals surface area contributed by atoms with Crippen molar-refractivity contribution in [2.24, 2.45) is 0 Å². The van der Waals surface area contributed by atoms with Gasteiger partial charge in [-0.1, -0.05) is 46.5 Å². The lowest BCUT2D eigenvalue weighted by Crippen LogP contribution is -2.70. The molecule has 10 nitrogen and oxygen atoms in total. The molecule has 4 heterocycles. The van der Waals surface area contributed by atoms with E-state index in [2.05, 4.69) is 20.5 Å². The van der Waals surface area contributed by atoms with Gasteiger partial charge in [0.2, 0.25) is 0 Å². The first kappa shape index (κ1) is 24.3. The Kier molecular flexibility index (Phi) is 7.55. The van der Waals surface area contributed by atoms with Gasteiger partial charge in [0.05, 0.1) is 11.3 Å². The number of aromatic nitrogens is 3. The van der Waals surface area contributed by atoms with Gasteiger partial charge in [-0.15, -0.1) is 33.3 Å². The van der Waals surface area contributed by atoms with Crippen molar-refractivity contribution in [3.05, 3.63) is 27.9 Å². The van der Waals surface area contributed by atoms with E-state index in [0.29, 0.717) is 22.8 Å². The maximum Gasteiger partial charge on any atom is 0.352 e. The maximum absolute atomic E-state index is 12.8. The van der Waals surface area contributed by atoms with Crippen molar-refractivity contribution >= 4 is 98.0 Å². The average Bonchev–Trinajstić information content (AvgIpc) is 3.44. The fourth-order valence-corrected chi connectivity index (χ4v) is 7.83. The van der Waals surface area contributed by atoms with Crippen LogP contribution in [-0.2, 0) is 14.4 Å². The molecule has 4 N–H and O–H groups in total. The minimum atomic E-state index is -1.18. The van der Waals surface area contributed by atoms with Gasteiger partial charge < -0.3 is 16.2 Å². The quantitative estimate of drug-likeness (QED) is 0.247. The molecular formula is C17H15ClN6O4S5. The standard InChI is InChI=1S/C17H15ClN6O4S5/c1-29-16-22-23-17(33-16)32-4-6-3-30-13-9(12(26)24(13)10(6)14(27)28)21-11(25)7(2-18)8-5-31-15(19)20-8/h2,5,9,13H,3-4H2,1H3,(H2,19,20)(H,21,25)(H,27,28)/b7-2+/t9?,13-/m1/s1. The number of hydrogen-bond acceptors (Lipinski definition) is 12. The second kappa shape index (κ2) is 10.2. The molecule has 1 unspecified atom stereocenters. The van der Waals surface area contributed by atoms with Crippen LogP contribution in [0.4, 0.5) is 5.13 Å². The molecule has 2 amide bonds. The summed E-state index contributed by atoms with van der Waals surface area (Å²) in [6.07, 6.45) is 1.90. The van der Waals surface area contributed by atoms with E-state index in [4.69, 9.17) is 17.3 Å². The smallest absolute Gasteiger partial charge is 0.352 e. The third-order valence-corrected chi connectivity index (χ3v) is 9.97. The number of aliphatic carboxylic acids is 1. The minimum absolute atomic E-state index is 0.0447. The van der Waals surface area contributed by atoms with Gasteiger partial charge in [-0.25, -0.2) is 9.78 Å². The van der Waals surface area contributed by atoms with Crippen molar-refractivity contribution < 1.29 is 19.5 Å². The number of β-lactam (4-membered cyclic amide) rings is 1. The molecule has 2 atom stereocenters. The van der Waals surface area contributed by atoms with E-state index in [9.17, 15) is 19.5 Å². The number of nitrogens with two attached hydrogens (primary N) is 1. The van der Waals surface area contributed by atoms with Gasteiger partial charge in [-0.3, -0.25) is 14.5 Å². The predicted molar refractivity (Wildman–Crippen MR) is 132 cm³/mol. The molecular weight excluding hydrogens is 548 g/mol. The Morgan fingerprint density at radius 2 is 2.18 bits per heavy atom. The Bertz CT molecular complexity index is 1180. The lowest BCUT2D eigenvalue weighted by atomic mass is 10.0. The third-order valence-electron chi connectivity index (χ3n) is 4.62. The zero-order valence-electron chi connectivity index (χ0n) is 16.7. The first-order valence-electron chi connectivity index (χ1n) is 9.07. The lowest BCUT2D eigenvalue weighted by Gasteiger charge is -2.49. The molecule has 33 heavy (non-hydrogen) atoms. The summed E-state index contributed by atoms with van der Waals surface area (Å²) in [7, 11) is 0. The van der Waals surface area contributed by atoms with Crippen molar-refractivity contribution in [1.29, 1.82) is 0 Å². The molecule has 0 aromatic carbocycles. The Balaban J connectivity index is 1.47. The highest BCUT2D eigenvalue weighted by Crippen LogP contribution is 2.42. The predicted octanol–water partition coefficient (Wildman–Crippen LogP) is 2.41. The first-order chi connectivity index (χ1) is 15.8. The van der Waals surface area contributed by atoms with E-state index in [1.54, 1.807) is 5.38 Å².